The third kappa shape index (κ3) is 2.02. The van der Waals surface area contributed by atoms with Crippen molar-refractivity contribution in [3.63, 3.8) is 0 Å². The zero-order chi connectivity index (χ0) is 11.7. The van der Waals surface area contributed by atoms with Crippen LogP contribution < -0.4 is 11.5 Å². The molecule has 0 aromatic heterocycles. The first-order chi connectivity index (χ1) is 7.58. The van der Waals surface area contributed by atoms with Crippen LogP contribution in [0, 0.1) is 0 Å². The molecule has 8 nitrogen and oxygen atoms in total. The van der Waals surface area contributed by atoms with Crippen molar-refractivity contribution in [2.75, 3.05) is 13.2 Å². The Bertz CT molecular complexity index is 279. The Morgan fingerprint density at radius 3 is 1.62 bits per heavy atom. The van der Waals surface area contributed by atoms with E-state index in [-0.39, 0.29) is 13.2 Å². The van der Waals surface area contributed by atoms with Crippen molar-refractivity contribution in [2.45, 2.75) is 24.4 Å². The second-order valence-electron chi connectivity index (χ2n) is 3.55. The number of nitrogens with two attached hydrogens (primary N) is 2. The molecule has 4 N–H and O–H groups in total. The summed E-state index contributed by atoms with van der Waals surface area (Å²) in [6.45, 7) is 0.327. The third-order valence-corrected chi connectivity index (χ3v) is 2.50. The summed E-state index contributed by atoms with van der Waals surface area (Å²) in [5.74, 6) is 0. The van der Waals surface area contributed by atoms with Crippen molar-refractivity contribution in [1.29, 1.82) is 0 Å². The predicted molar refractivity (Wildman–Crippen MR) is 48.4 cm³/mol. The molecular formula is C8H12N2O6. The van der Waals surface area contributed by atoms with Crippen molar-refractivity contribution >= 4 is 12.2 Å². The maximum absolute atomic E-state index is 10.6. The predicted octanol–water partition coefficient (Wildman–Crippen LogP) is -1.29. The summed E-state index contributed by atoms with van der Waals surface area (Å²) in [4.78, 5) is 21.2. The SMILES string of the molecule is NC(=O)OC1CO[C@@H]2C(OC(N)=O)CO[C@H]12. The summed E-state index contributed by atoms with van der Waals surface area (Å²) >= 11 is 0. The molecule has 2 aliphatic heterocycles. The standard InChI is InChI=1S/C8H12N2O6/c9-7(11)15-3-1-13-6-4(16-8(10)12)2-14-5(3)6/h3-6H,1-2H2,(H2,9,11)(H2,10,12)/t3?,4?,5-,6-/m1/s1. The molecule has 8 heteroatoms. The fourth-order valence-electron chi connectivity index (χ4n) is 1.93. The van der Waals surface area contributed by atoms with Gasteiger partial charge in [0.1, 0.15) is 12.2 Å². The number of ether oxygens (including phenoxy) is 4. The van der Waals surface area contributed by atoms with Gasteiger partial charge in [-0.15, -0.1) is 0 Å². The van der Waals surface area contributed by atoms with Gasteiger partial charge in [-0.25, -0.2) is 9.59 Å². The first kappa shape index (κ1) is 11.0. The van der Waals surface area contributed by atoms with E-state index in [1.54, 1.807) is 0 Å². The van der Waals surface area contributed by atoms with Crippen molar-refractivity contribution in [1.82, 2.24) is 0 Å². The second kappa shape index (κ2) is 4.14. The maximum Gasteiger partial charge on any atom is 0.404 e. The molecule has 0 radical (unpaired) electrons. The van der Waals surface area contributed by atoms with Crippen molar-refractivity contribution in [3.8, 4) is 0 Å². The van der Waals surface area contributed by atoms with Gasteiger partial charge in [-0.3, -0.25) is 0 Å². The quantitative estimate of drug-likeness (QED) is 0.610. The maximum atomic E-state index is 10.6. The smallest absolute Gasteiger partial charge is 0.404 e. The monoisotopic (exact) mass is 232 g/mol. The average Bonchev–Trinajstić information content (AvgIpc) is 2.70. The molecule has 0 aromatic rings. The zero-order valence-corrected chi connectivity index (χ0v) is 8.33. The molecular weight excluding hydrogens is 220 g/mol. The zero-order valence-electron chi connectivity index (χ0n) is 8.33. The highest BCUT2D eigenvalue weighted by atomic mass is 16.7. The number of fused-ring (bicyclic) bond motifs is 1. The van der Waals surface area contributed by atoms with E-state index in [0.717, 1.165) is 0 Å². The Balaban J connectivity index is 1.95. The van der Waals surface area contributed by atoms with E-state index in [9.17, 15) is 9.59 Å². The number of hydrogen-bond donors (Lipinski definition) is 2. The molecule has 90 valence electrons. The molecule has 0 bridgehead atoms. The molecule has 0 aliphatic carbocycles. The number of carbonyl (C=O) groups excluding carboxylic acids is 2. The molecule has 0 saturated carbocycles. The fraction of sp³-hybridized carbons (Fsp3) is 0.750. The van der Waals surface area contributed by atoms with Gasteiger partial charge in [0.25, 0.3) is 0 Å². The Kier molecular flexibility index (Phi) is 2.84. The van der Waals surface area contributed by atoms with Crippen LogP contribution in [0.15, 0.2) is 0 Å². The van der Waals surface area contributed by atoms with E-state index in [2.05, 4.69) is 0 Å². The first-order valence-electron chi connectivity index (χ1n) is 4.73. The lowest BCUT2D eigenvalue weighted by Gasteiger charge is -2.15. The van der Waals surface area contributed by atoms with Gasteiger partial charge in [0.15, 0.2) is 12.2 Å². The number of primary amides is 2. The number of carbonyl (C=O) groups is 2. The van der Waals surface area contributed by atoms with Gasteiger partial charge in [-0.05, 0) is 0 Å². The summed E-state index contributed by atoms with van der Waals surface area (Å²) < 4.78 is 20.2. The van der Waals surface area contributed by atoms with Crippen LogP contribution >= 0.6 is 0 Å². The van der Waals surface area contributed by atoms with Crippen LogP contribution in [-0.2, 0) is 18.9 Å². The van der Waals surface area contributed by atoms with Crippen molar-refractivity contribution in [2.24, 2.45) is 11.5 Å². The summed E-state index contributed by atoms with van der Waals surface area (Å²) in [6.07, 6.45) is -3.84. The summed E-state index contributed by atoms with van der Waals surface area (Å²) in [7, 11) is 0. The van der Waals surface area contributed by atoms with E-state index in [1.807, 2.05) is 0 Å². The number of amides is 2. The van der Waals surface area contributed by atoms with Crippen LogP contribution in [-0.4, -0.2) is 49.8 Å². The number of hydrogen-bond acceptors (Lipinski definition) is 6. The highest BCUT2D eigenvalue weighted by Gasteiger charge is 2.50. The van der Waals surface area contributed by atoms with Crippen LogP contribution in [0.25, 0.3) is 0 Å². The van der Waals surface area contributed by atoms with E-state index < -0.39 is 36.6 Å². The van der Waals surface area contributed by atoms with Crippen LogP contribution in [0.5, 0.6) is 0 Å². The first-order valence-corrected chi connectivity index (χ1v) is 4.73. The fourth-order valence-corrected chi connectivity index (χ4v) is 1.93. The van der Waals surface area contributed by atoms with Crippen molar-refractivity contribution < 1.29 is 28.5 Å². The van der Waals surface area contributed by atoms with Gasteiger partial charge >= 0.3 is 12.2 Å². The second-order valence-corrected chi connectivity index (χ2v) is 3.55. The van der Waals surface area contributed by atoms with Gasteiger partial charge in [-0.2, -0.15) is 0 Å². The molecule has 4 atom stereocenters. The molecule has 2 heterocycles. The van der Waals surface area contributed by atoms with Crippen LogP contribution in [0.4, 0.5) is 9.59 Å². The topological polar surface area (TPSA) is 123 Å². The molecule has 2 rings (SSSR count). The lowest BCUT2D eigenvalue weighted by atomic mass is 10.1. The van der Waals surface area contributed by atoms with Crippen LogP contribution in [0.3, 0.4) is 0 Å². The molecule has 0 aromatic carbocycles. The Morgan fingerprint density at radius 2 is 1.31 bits per heavy atom. The largest absolute Gasteiger partial charge is 0.441 e. The van der Waals surface area contributed by atoms with Crippen LogP contribution in [0.1, 0.15) is 0 Å². The molecule has 2 fully saturated rings. The summed E-state index contributed by atoms with van der Waals surface area (Å²) in [5, 5.41) is 0. The normalized spacial score (nSPS) is 36.8. The molecule has 0 spiro atoms. The Hall–Kier alpha value is -1.54. The molecule has 2 amide bonds. The van der Waals surface area contributed by atoms with Gasteiger partial charge < -0.3 is 30.4 Å². The van der Waals surface area contributed by atoms with E-state index in [0.29, 0.717) is 0 Å². The Labute approximate surface area is 90.7 Å². The number of rotatable bonds is 2. The van der Waals surface area contributed by atoms with E-state index in [4.69, 9.17) is 30.4 Å². The minimum Gasteiger partial charge on any atom is -0.441 e. The minimum atomic E-state index is -0.892. The van der Waals surface area contributed by atoms with Gasteiger partial charge in [0.05, 0.1) is 13.2 Å². The lowest BCUT2D eigenvalue weighted by molar-refractivity contribution is -0.00864. The summed E-state index contributed by atoms with van der Waals surface area (Å²) in [5.41, 5.74) is 9.79. The summed E-state index contributed by atoms with van der Waals surface area (Å²) in [6, 6.07) is 0. The van der Waals surface area contributed by atoms with Gasteiger partial charge in [0, 0.05) is 0 Å². The third-order valence-electron chi connectivity index (χ3n) is 2.50. The van der Waals surface area contributed by atoms with Gasteiger partial charge in [0.2, 0.25) is 0 Å². The minimum absolute atomic E-state index is 0.164. The van der Waals surface area contributed by atoms with E-state index in [1.165, 1.54) is 0 Å². The van der Waals surface area contributed by atoms with E-state index >= 15 is 0 Å². The molecule has 2 saturated heterocycles. The molecule has 2 aliphatic rings. The lowest BCUT2D eigenvalue weighted by Crippen LogP contribution is -2.37. The average molecular weight is 232 g/mol. The Morgan fingerprint density at radius 1 is 0.938 bits per heavy atom. The molecule has 2 unspecified atom stereocenters. The highest BCUT2D eigenvalue weighted by molar-refractivity contribution is 5.65. The molecule has 16 heavy (non-hydrogen) atoms. The van der Waals surface area contributed by atoms with Gasteiger partial charge in [-0.1, -0.05) is 0 Å². The highest BCUT2D eigenvalue weighted by Crippen LogP contribution is 2.30. The van der Waals surface area contributed by atoms with Crippen LogP contribution in [0.2, 0.25) is 0 Å². The van der Waals surface area contributed by atoms with Crippen molar-refractivity contribution in [3.05, 3.63) is 0 Å².